The number of hydrogen-bond acceptors (Lipinski definition) is 5. The lowest BCUT2D eigenvalue weighted by molar-refractivity contribution is -0.124. The standard InChI is InChI=1S/C19H19BrN2O5/c1-12(7-10-17(24)22-26)18(15-11-13(20)8-9-16(15)23)27-19(25)21-14-5-3-2-4-6-14/h2-12,18,23,26H,1H3,(H,21,25)(H,22,24)/b10-7+/t12-,18-/m1/s1. The number of hydrogen-bond donors (Lipinski definition) is 4. The Morgan fingerprint density at radius 3 is 2.56 bits per heavy atom. The van der Waals surface area contributed by atoms with Crippen LogP contribution in [0, 0.1) is 5.92 Å². The number of rotatable bonds is 6. The van der Waals surface area contributed by atoms with Crippen molar-refractivity contribution in [2.24, 2.45) is 5.92 Å². The summed E-state index contributed by atoms with van der Waals surface area (Å²) in [5, 5.41) is 21.4. The summed E-state index contributed by atoms with van der Waals surface area (Å²) < 4.78 is 6.22. The molecule has 0 fully saturated rings. The van der Waals surface area contributed by atoms with Gasteiger partial charge in [0.2, 0.25) is 0 Å². The van der Waals surface area contributed by atoms with Gasteiger partial charge in [0.05, 0.1) is 0 Å². The van der Waals surface area contributed by atoms with Gasteiger partial charge in [0.15, 0.2) is 0 Å². The molecular formula is C19H19BrN2O5. The molecular weight excluding hydrogens is 416 g/mol. The van der Waals surface area contributed by atoms with Crippen LogP contribution in [0.25, 0.3) is 0 Å². The summed E-state index contributed by atoms with van der Waals surface area (Å²) in [5.41, 5.74) is 2.42. The summed E-state index contributed by atoms with van der Waals surface area (Å²) in [4.78, 5) is 23.6. The summed E-state index contributed by atoms with van der Waals surface area (Å²) >= 11 is 3.32. The number of anilines is 1. The fourth-order valence-corrected chi connectivity index (χ4v) is 2.75. The molecule has 0 saturated heterocycles. The van der Waals surface area contributed by atoms with Gasteiger partial charge >= 0.3 is 6.09 Å². The maximum absolute atomic E-state index is 12.3. The van der Waals surface area contributed by atoms with Crippen molar-refractivity contribution in [2.45, 2.75) is 13.0 Å². The second-order valence-electron chi connectivity index (χ2n) is 5.71. The zero-order valence-electron chi connectivity index (χ0n) is 14.4. The average molecular weight is 435 g/mol. The number of nitrogens with one attached hydrogen (secondary N) is 2. The maximum Gasteiger partial charge on any atom is 0.412 e. The van der Waals surface area contributed by atoms with Crippen LogP contribution in [-0.2, 0) is 9.53 Å². The smallest absolute Gasteiger partial charge is 0.412 e. The molecule has 0 unspecified atom stereocenters. The average Bonchev–Trinajstić information content (AvgIpc) is 2.66. The van der Waals surface area contributed by atoms with Gasteiger partial charge < -0.3 is 9.84 Å². The second kappa shape index (κ2) is 9.75. The number of amides is 2. The van der Waals surface area contributed by atoms with E-state index < -0.39 is 24.0 Å². The quantitative estimate of drug-likeness (QED) is 0.310. The van der Waals surface area contributed by atoms with E-state index in [-0.39, 0.29) is 5.75 Å². The predicted molar refractivity (Wildman–Crippen MR) is 103 cm³/mol. The number of phenols is 1. The van der Waals surface area contributed by atoms with Gasteiger partial charge in [0.1, 0.15) is 11.9 Å². The molecule has 0 aromatic heterocycles. The molecule has 0 aliphatic rings. The van der Waals surface area contributed by atoms with Crippen LogP contribution in [0.1, 0.15) is 18.6 Å². The number of carbonyl (C=O) groups is 2. The van der Waals surface area contributed by atoms with E-state index in [1.54, 1.807) is 43.3 Å². The fourth-order valence-electron chi connectivity index (χ4n) is 2.37. The summed E-state index contributed by atoms with van der Waals surface area (Å²) in [7, 11) is 0. The topological polar surface area (TPSA) is 108 Å². The number of ether oxygens (including phenoxy) is 1. The summed E-state index contributed by atoms with van der Waals surface area (Å²) in [6.45, 7) is 1.71. The van der Waals surface area contributed by atoms with Crippen LogP contribution >= 0.6 is 15.9 Å². The first-order chi connectivity index (χ1) is 12.9. The Labute approximate surface area is 164 Å². The third-order valence-corrected chi connectivity index (χ3v) is 4.18. The highest BCUT2D eigenvalue weighted by atomic mass is 79.9. The molecule has 4 N–H and O–H groups in total. The Hall–Kier alpha value is -2.84. The lowest BCUT2D eigenvalue weighted by Crippen LogP contribution is -2.22. The number of para-hydroxylation sites is 1. The number of benzene rings is 2. The SMILES string of the molecule is C[C@H](/C=C/C(=O)NO)[C@@H](OC(=O)Nc1ccccc1)c1cc(Br)ccc1O. The lowest BCUT2D eigenvalue weighted by atomic mass is 9.96. The molecule has 142 valence electrons. The molecule has 2 amide bonds. The van der Waals surface area contributed by atoms with Crippen LogP contribution in [0.3, 0.4) is 0 Å². The third kappa shape index (κ3) is 6.12. The minimum absolute atomic E-state index is 0.0532. The highest BCUT2D eigenvalue weighted by molar-refractivity contribution is 9.10. The molecule has 0 saturated carbocycles. The molecule has 0 heterocycles. The van der Waals surface area contributed by atoms with Crippen LogP contribution in [0.4, 0.5) is 10.5 Å². The molecule has 0 radical (unpaired) electrons. The van der Waals surface area contributed by atoms with Crippen molar-refractivity contribution < 1.29 is 24.6 Å². The van der Waals surface area contributed by atoms with Crippen LogP contribution in [0.2, 0.25) is 0 Å². The molecule has 2 aromatic rings. The van der Waals surface area contributed by atoms with Crippen LogP contribution in [0.5, 0.6) is 5.75 Å². The van der Waals surface area contributed by atoms with E-state index in [0.717, 1.165) is 6.08 Å². The van der Waals surface area contributed by atoms with Gasteiger partial charge in [-0.15, -0.1) is 0 Å². The number of hydroxylamine groups is 1. The van der Waals surface area contributed by atoms with Crippen molar-refractivity contribution in [1.82, 2.24) is 5.48 Å². The highest BCUT2D eigenvalue weighted by Gasteiger charge is 2.25. The van der Waals surface area contributed by atoms with Crippen LogP contribution in [0.15, 0.2) is 65.2 Å². The number of phenolic OH excluding ortho intramolecular Hbond substituents is 1. The Morgan fingerprint density at radius 1 is 1.19 bits per heavy atom. The van der Waals surface area contributed by atoms with E-state index in [0.29, 0.717) is 15.7 Å². The van der Waals surface area contributed by atoms with Crippen molar-refractivity contribution in [1.29, 1.82) is 0 Å². The maximum atomic E-state index is 12.3. The molecule has 0 spiro atoms. The van der Waals surface area contributed by atoms with E-state index in [1.165, 1.54) is 17.6 Å². The van der Waals surface area contributed by atoms with E-state index in [1.807, 2.05) is 6.07 Å². The molecule has 0 aliphatic carbocycles. The van der Waals surface area contributed by atoms with Crippen molar-refractivity contribution in [3.8, 4) is 5.75 Å². The number of aromatic hydroxyl groups is 1. The molecule has 0 bridgehead atoms. The Kier molecular flexibility index (Phi) is 7.39. The minimum Gasteiger partial charge on any atom is -0.508 e. The summed E-state index contributed by atoms with van der Waals surface area (Å²) in [6, 6.07) is 13.5. The van der Waals surface area contributed by atoms with E-state index in [4.69, 9.17) is 9.94 Å². The molecule has 2 atom stereocenters. The third-order valence-electron chi connectivity index (χ3n) is 3.69. The summed E-state index contributed by atoms with van der Waals surface area (Å²) in [6.07, 6.45) is 0.990. The Morgan fingerprint density at radius 2 is 1.89 bits per heavy atom. The van der Waals surface area contributed by atoms with Gasteiger partial charge in [-0.1, -0.05) is 47.1 Å². The van der Waals surface area contributed by atoms with Gasteiger partial charge in [-0.2, -0.15) is 0 Å². The van der Waals surface area contributed by atoms with Gasteiger partial charge in [-0.05, 0) is 30.3 Å². The molecule has 0 aliphatic heterocycles. The van der Waals surface area contributed by atoms with Crippen molar-refractivity contribution >= 4 is 33.6 Å². The van der Waals surface area contributed by atoms with Gasteiger partial charge in [-0.25, -0.2) is 10.3 Å². The largest absolute Gasteiger partial charge is 0.508 e. The van der Waals surface area contributed by atoms with Gasteiger partial charge in [0.25, 0.3) is 5.91 Å². The fraction of sp³-hybridized carbons (Fsp3) is 0.158. The molecule has 2 aromatic carbocycles. The van der Waals surface area contributed by atoms with Crippen molar-refractivity contribution in [3.05, 3.63) is 70.7 Å². The Balaban J connectivity index is 2.26. The summed E-state index contributed by atoms with van der Waals surface area (Å²) in [5.74, 6) is -1.25. The predicted octanol–water partition coefficient (Wildman–Crippen LogP) is 4.14. The van der Waals surface area contributed by atoms with Crippen molar-refractivity contribution in [2.75, 3.05) is 5.32 Å². The van der Waals surface area contributed by atoms with E-state index in [2.05, 4.69) is 21.2 Å². The zero-order chi connectivity index (χ0) is 19.8. The first kappa shape index (κ1) is 20.5. The first-order valence-corrected chi connectivity index (χ1v) is 8.83. The van der Waals surface area contributed by atoms with Gasteiger partial charge in [-0.3, -0.25) is 15.3 Å². The van der Waals surface area contributed by atoms with Crippen molar-refractivity contribution in [3.63, 3.8) is 0 Å². The normalized spacial score (nSPS) is 13.0. The molecule has 8 heteroatoms. The highest BCUT2D eigenvalue weighted by Crippen LogP contribution is 2.35. The van der Waals surface area contributed by atoms with Crippen LogP contribution < -0.4 is 10.8 Å². The van der Waals surface area contributed by atoms with Crippen LogP contribution in [-0.4, -0.2) is 22.3 Å². The molecule has 2 rings (SSSR count). The number of halogens is 1. The number of carbonyl (C=O) groups excluding carboxylic acids is 2. The van der Waals surface area contributed by atoms with E-state index in [9.17, 15) is 14.7 Å². The second-order valence-corrected chi connectivity index (χ2v) is 6.63. The van der Waals surface area contributed by atoms with Gasteiger partial charge in [0, 0.05) is 27.7 Å². The molecule has 27 heavy (non-hydrogen) atoms. The Bertz CT molecular complexity index is 826. The zero-order valence-corrected chi connectivity index (χ0v) is 16.0. The first-order valence-electron chi connectivity index (χ1n) is 8.04. The monoisotopic (exact) mass is 434 g/mol. The molecule has 7 nitrogen and oxygen atoms in total. The minimum atomic E-state index is -0.881. The van der Waals surface area contributed by atoms with E-state index >= 15 is 0 Å². The lowest BCUT2D eigenvalue weighted by Gasteiger charge is -2.23.